The largest absolute Gasteiger partial charge is 0.504 e. The number of fused-ring (bicyclic) bond motifs is 1. The Labute approximate surface area is 144 Å². The van der Waals surface area contributed by atoms with Crippen molar-refractivity contribution in [2.24, 2.45) is 0 Å². The smallest absolute Gasteiger partial charge is 0.162 e. The Morgan fingerprint density at radius 2 is 1.92 bits per heavy atom. The lowest BCUT2D eigenvalue weighted by Gasteiger charge is -2.46. The number of rotatable bonds is 2. The van der Waals surface area contributed by atoms with E-state index < -0.39 is 13.7 Å². The van der Waals surface area contributed by atoms with Crippen LogP contribution in [0.2, 0.25) is 19.6 Å². The second kappa shape index (κ2) is 4.87. The van der Waals surface area contributed by atoms with Gasteiger partial charge in [0.15, 0.2) is 11.5 Å². The van der Waals surface area contributed by atoms with Crippen LogP contribution in [0.25, 0.3) is 6.08 Å². The molecule has 1 aromatic carbocycles. The molecule has 0 amide bonds. The summed E-state index contributed by atoms with van der Waals surface area (Å²) in [5.74, 6) is 0.771. The van der Waals surface area contributed by atoms with E-state index in [2.05, 4.69) is 50.0 Å². The van der Waals surface area contributed by atoms with Crippen LogP contribution in [0.1, 0.15) is 17.5 Å². The normalized spacial score (nSPS) is 30.4. The Morgan fingerprint density at radius 3 is 2.62 bits per heavy atom. The van der Waals surface area contributed by atoms with Gasteiger partial charge in [-0.05, 0) is 30.2 Å². The van der Waals surface area contributed by atoms with Gasteiger partial charge in [-0.15, -0.1) is 0 Å². The molecule has 126 valence electrons. The molecule has 0 unspecified atom stereocenters. The maximum atomic E-state index is 10.9. The molecule has 4 heteroatoms. The summed E-state index contributed by atoms with van der Waals surface area (Å²) in [5.41, 5.74) is 1.16. The van der Waals surface area contributed by atoms with Gasteiger partial charge in [0.25, 0.3) is 0 Å². The first kappa shape index (κ1) is 15.7. The molecule has 1 N–H and O–H groups in total. The Morgan fingerprint density at radius 1 is 1.17 bits per heavy atom. The van der Waals surface area contributed by atoms with Crippen LogP contribution >= 0.6 is 0 Å². The molecule has 1 fully saturated rings. The highest BCUT2D eigenvalue weighted by Gasteiger charge is 2.58. The minimum atomic E-state index is -1.48. The van der Waals surface area contributed by atoms with Crippen molar-refractivity contribution in [3.8, 4) is 11.5 Å². The summed E-state index contributed by atoms with van der Waals surface area (Å²) in [6.07, 6.45) is 11.9. The highest BCUT2D eigenvalue weighted by molar-refractivity contribution is 6.83. The molecule has 0 bridgehead atoms. The van der Waals surface area contributed by atoms with E-state index in [4.69, 9.17) is 9.47 Å². The number of ether oxygens (including phenoxy) is 2. The lowest BCUT2D eigenvalue weighted by atomic mass is 9.61. The van der Waals surface area contributed by atoms with E-state index in [1.807, 2.05) is 12.1 Å². The number of hydrogen-bond acceptors (Lipinski definition) is 3. The minimum Gasteiger partial charge on any atom is -0.504 e. The average molecular weight is 340 g/mol. The molecule has 1 heterocycles. The highest BCUT2D eigenvalue weighted by atomic mass is 28.3. The van der Waals surface area contributed by atoms with Crippen LogP contribution in [-0.4, -0.2) is 32.5 Å². The number of phenolic OH excluding ortho intramolecular Hbond substituents is 1. The van der Waals surface area contributed by atoms with Crippen molar-refractivity contribution < 1.29 is 14.6 Å². The summed E-state index contributed by atoms with van der Waals surface area (Å²) in [5, 5.41) is 12.4. The Bertz CT molecular complexity index is 800. The fourth-order valence-electron chi connectivity index (χ4n) is 4.30. The monoisotopic (exact) mass is 340 g/mol. The van der Waals surface area contributed by atoms with Crippen LogP contribution in [0.3, 0.4) is 0 Å². The van der Waals surface area contributed by atoms with Crippen molar-refractivity contribution in [1.29, 1.82) is 0 Å². The zero-order chi connectivity index (χ0) is 17.2. The molecule has 2 aliphatic carbocycles. The van der Waals surface area contributed by atoms with E-state index >= 15 is 0 Å². The van der Waals surface area contributed by atoms with Gasteiger partial charge in [-0.1, -0.05) is 49.1 Å². The number of phenols is 1. The van der Waals surface area contributed by atoms with Gasteiger partial charge in [0.2, 0.25) is 0 Å². The molecule has 3 aliphatic rings. The zero-order valence-corrected chi connectivity index (χ0v) is 15.7. The van der Waals surface area contributed by atoms with Crippen molar-refractivity contribution in [3.05, 3.63) is 52.8 Å². The van der Waals surface area contributed by atoms with Crippen molar-refractivity contribution >= 4 is 14.1 Å². The topological polar surface area (TPSA) is 38.7 Å². The van der Waals surface area contributed by atoms with Gasteiger partial charge in [-0.2, -0.15) is 0 Å². The second-order valence-electron chi connectivity index (χ2n) is 7.96. The molecular formula is C20H24O3Si. The van der Waals surface area contributed by atoms with E-state index in [1.54, 1.807) is 7.11 Å². The summed E-state index contributed by atoms with van der Waals surface area (Å²) in [4.78, 5) is 0. The summed E-state index contributed by atoms with van der Waals surface area (Å²) in [6, 6.07) is 3.86. The maximum Gasteiger partial charge on any atom is 0.162 e. The molecule has 0 saturated carbocycles. The van der Waals surface area contributed by atoms with Gasteiger partial charge in [0, 0.05) is 12.2 Å². The summed E-state index contributed by atoms with van der Waals surface area (Å²) >= 11 is 0. The van der Waals surface area contributed by atoms with E-state index in [-0.39, 0.29) is 11.2 Å². The standard InChI is InChI=1S/C20H24O3Si/c1-22-16-6-5-14-7-9-20-10-8-15(24(2,3)4)13-19(20,11-12-23-20)17(14)18(16)21/h5-10,13,21H,11-12H2,1-4H3/t19-,20+/m1/s1. The van der Waals surface area contributed by atoms with Gasteiger partial charge < -0.3 is 14.6 Å². The van der Waals surface area contributed by atoms with Crippen molar-refractivity contribution in [1.82, 2.24) is 0 Å². The first-order valence-corrected chi connectivity index (χ1v) is 12.0. The molecular weight excluding hydrogens is 316 g/mol. The molecule has 1 saturated heterocycles. The van der Waals surface area contributed by atoms with Crippen LogP contribution in [0.4, 0.5) is 0 Å². The lowest BCUT2D eigenvalue weighted by molar-refractivity contribution is 0.0588. The fraction of sp³-hybridized carbons (Fsp3) is 0.400. The molecule has 4 rings (SSSR count). The summed E-state index contributed by atoms with van der Waals surface area (Å²) < 4.78 is 11.6. The highest BCUT2D eigenvalue weighted by Crippen LogP contribution is 2.58. The first-order chi connectivity index (χ1) is 11.3. The fourth-order valence-corrected chi connectivity index (χ4v) is 5.56. The quantitative estimate of drug-likeness (QED) is 0.820. The van der Waals surface area contributed by atoms with Crippen molar-refractivity contribution in [3.63, 3.8) is 0 Å². The summed E-state index contributed by atoms with van der Waals surface area (Å²) in [7, 11) is 0.118. The van der Waals surface area contributed by atoms with Gasteiger partial charge in [0.05, 0.1) is 20.6 Å². The van der Waals surface area contributed by atoms with E-state index in [0.29, 0.717) is 12.4 Å². The number of methoxy groups -OCH3 is 1. The SMILES string of the molecule is COc1ccc2c(c1O)[C@@]13C=C([Si](C)(C)C)C=C[C@]1(C=C2)OCC3. The number of benzene rings is 1. The van der Waals surface area contributed by atoms with Gasteiger partial charge in [-0.25, -0.2) is 0 Å². The predicted octanol–water partition coefficient (Wildman–Crippen LogP) is 4.20. The molecule has 1 aliphatic heterocycles. The number of aromatic hydroxyl groups is 1. The minimum absolute atomic E-state index is 0.246. The number of hydrogen-bond donors (Lipinski definition) is 1. The third-order valence-corrected chi connectivity index (χ3v) is 7.71. The van der Waals surface area contributed by atoms with Crippen LogP contribution in [0.5, 0.6) is 11.5 Å². The second-order valence-corrected chi connectivity index (χ2v) is 13.0. The predicted molar refractivity (Wildman–Crippen MR) is 99.2 cm³/mol. The summed E-state index contributed by atoms with van der Waals surface area (Å²) in [6.45, 7) is 7.75. The van der Waals surface area contributed by atoms with E-state index in [9.17, 15) is 5.11 Å². The molecule has 2 atom stereocenters. The lowest BCUT2D eigenvalue weighted by Crippen LogP contribution is -2.49. The molecule has 24 heavy (non-hydrogen) atoms. The third kappa shape index (κ3) is 1.87. The first-order valence-electron chi connectivity index (χ1n) is 8.49. The Kier molecular flexibility index (Phi) is 3.19. The molecule has 1 aromatic rings. The van der Waals surface area contributed by atoms with E-state index in [0.717, 1.165) is 17.5 Å². The molecule has 0 spiro atoms. The van der Waals surface area contributed by atoms with Crippen LogP contribution in [-0.2, 0) is 10.2 Å². The van der Waals surface area contributed by atoms with Crippen LogP contribution in [0.15, 0.2) is 41.6 Å². The zero-order valence-electron chi connectivity index (χ0n) is 14.7. The van der Waals surface area contributed by atoms with Crippen molar-refractivity contribution in [2.45, 2.75) is 37.1 Å². The van der Waals surface area contributed by atoms with Crippen LogP contribution in [0, 0.1) is 0 Å². The Balaban J connectivity index is 2.03. The molecule has 3 nitrogen and oxygen atoms in total. The van der Waals surface area contributed by atoms with Gasteiger partial charge >= 0.3 is 0 Å². The maximum absolute atomic E-state index is 10.9. The van der Waals surface area contributed by atoms with Crippen molar-refractivity contribution in [2.75, 3.05) is 13.7 Å². The molecule has 0 aromatic heterocycles. The molecule has 0 radical (unpaired) electrons. The van der Waals surface area contributed by atoms with Crippen LogP contribution < -0.4 is 4.74 Å². The third-order valence-electron chi connectivity index (χ3n) is 5.66. The van der Waals surface area contributed by atoms with Gasteiger partial charge in [-0.3, -0.25) is 0 Å². The number of allylic oxidation sites excluding steroid dienone is 2. The average Bonchev–Trinajstić information content (AvgIpc) is 2.93. The Hall–Kier alpha value is -1.78. The van der Waals surface area contributed by atoms with Gasteiger partial charge in [0.1, 0.15) is 5.60 Å². The van der Waals surface area contributed by atoms with E-state index in [1.165, 1.54) is 5.20 Å².